The van der Waals surface area contributed by atoms with Crippen LogP contribution < -0.4 is 10.9 Å². The fourth-order valence-corrected chi connectivity index (χ4v) is 3.05. The van der Waals surface area contributed by atoms with Gasteiger partial charge in [-0.3, -0.25) is 19.0 Å². The molecule has 0 saturated heterocycles. The van der Waals surface area contributed by atoms with Crippen molar-refractivity contribution in [3.8, 4) is 0 Å². The van der Waals surface area contributed by atoms with Gasteiger partial charge in [-0.25, -0.2) is 4.98 Å². The van der Waals surface area contributed by atoms with Gasteiger partial charge in [-0.1, -0.05) is 18.2 Å². The van der Waals surface area contributed by atoms with E-state index in [0.29, 0.717) is 35.4 Å². The predicted molar refractivity (Wildman–Crippen MR) is 108 cm³/mol. The molecule has 1 heterocycles. The van der Waals surface area contributed by atoms with Crippen LogP contribution in [0.15, 0.2) is 59.5 Å². The summed E-state index contributed by atoms with van der Waals surface area (Å²) in [5.41, 5.74) is 1.90. The lowest BCUT2D eigenvalue weighted by Gasteiger charge is -2.19. The first-order valence-electron chi connectivity index (χ1n) is 9.17. The number of carbonyl (C=O) groups is 2. The van der Waals surface area contributed by atoms with Gasteiger partial charge in [-0.05, 0) is 44.2 Å². The SMILES string of the molecule is CCN(CC)C(=O)c1cccc(NC(=O)Cn2c(=O)cnc3ccccc32)c1. The van der Waals surface area contributed by atoms with Crippen molar-refractivity contribution in [2.75, 3.05) is 18.4 Å². The number of nitrogens with zero attached hydrogens (tertiary/aromatic N) is 3. The summed E-state index contributed by atoms with van der Waals surface area (Å²) in [5.74, 6) is -0.441. The average molecular weight is 378 g/mol. The summed E-state index contributed by atoms with van der Waals surface area (Å²) < 4.78 is 1.38. The van der Waals surface area contributed by atoms with Crippen LogP contribution in [0.1, 0.15) is 24.2 Å². The minimum absolute atomic E-state index is 0.0857. The Morgan fingerprint density at radius 1 is 1.07 bits per heavy atom. The first kappa shape index (κ1) is 19.3. The fourth-order valence-electron chi connectivity index (χ4n) is 3.05. The van der Waals surface area contributed by atoms with Crippen LogP contribution in [0.25, 0.3) is 11.0 Å². The van der Waals surface area contributed by atoms with E-state index < -0.39 is 0 Å². The summed E-state index contributed by atoms with van der Waals surface area (Å²) in [4.78, 5) is 43.0. The summed E-state index contributed by atoms with van der Waals surface area (Å²) in [6, 6.07) is 13.9. The second-order valence-corrected chi connectivity index (χ2v) is 6.28. The number of anilines is 1. The molecule has 0 aliphatic rings. The van der Waals surface area contributed by atoms with Gasteiger partial charge in [0.1, 0.15) is 6.54 Å². The lowest BCUT2D eigenvalue weighted by atomic mass is 10.1. The number of hydrogen-bond acceptors (Lipinski definition) is 4. The maximum atomic E-state index is 12.5. The minimum Gasteiger partial charge on any atom is -0.339 e. The van der Waals surface area contributed by atoms with E-state index >= 15 is 0 Å². The molecule has 7 nitrogen and oxygen atoms in total. The van der Waals surface area contributed by atoms with Gasteiger partial charge in [-0.2, -0.15) is 0 Å². The maximum Gasteiger partial charge on any atom is 0.269 e. The smallest absolute Gasteiger partial charge is 0.269 e. The summed E-state index contributed by atoms with van der Waals surface area (Å²) in [6.45, 7) is 4.93. The Balaban J connectivity index is 1.80. The molecule has 0 unspecified atom stereocenters. The van der Waals surface area contributed by atoms with Crippen molar-refractivity contribution in [3.05, 3.63) is 70.6 Å². The highest BCUT2D eigenvalue weighted by Crippen LogP contribution is 2.14. The molecule has 0 aliphatic heterocycles. The number of fused-ring (bicyclic) bond motifs is 1. The Labute approximate surface area is 162 Å². The number of para-hydroxylation sites is 2. The highest BCUT2D eigenvalue weighted by Gasteiger charge is 2.14. The molecule has 0 bridgehead atoms. The molecule has 144 valence electrons. The van der Waals surface area contributed by atoms with Crippen molar-refractivity contribution < 1.29 is 9.59 Å². The van der Waals surface area contributed by atoms with E-state index in [1.807, 2.05) is 19.9 Å². The van der Waals surface area contributed by atoms with Crippen molar-refractivity contribution in [1.29, 1.82) is 0 Å². The van der Waals surface area contributed by atoms with Gasteiger partial charge in [0.25, 0.3) is 11.5 Å². The molecule has 28 heavy (non-hydrogen) atoms. The largest absolute Gasteiger partial charge is 0.339 e. The molecule has 2 amide bonds. The maximum absolute atomic E-state index is 12.5. The lowest BCUT2D eigenvalue weighted by molar-refractivity contribution is -0.116. The second kappa shape index (κ2) is 8.47. The summed E-state index contributed by atoms with van der Waals surface area (Å²) in [7, 11) is 0. The Morgan fingerprint density at radius 3 is 2.57 bits per heavy atom. The van der Waals surface area contributed by atoms with Gasteiger partial charge in [0.15, 0.2) is 0 Å². The molecule has 0 radical (unpaired) electrons. The number of hydrogen-bond donors (Lipinski definition) is 1. The van der Waals surface area contributed by atoms with Crippen LogP contribution in [0.4, 0.5) is 5.69 Å². The van der Waals surface area contributed by atoms with Crippen molar-refractivity contribution in [2.24, 2.45) is 0 Å². The quantitative estimate of drug-likeness (QED) is 0.714. The van der Waals surface area contributed by atoms with E-state index in [0.717, 1.165) is 0 Å². The summed E-state index contributed by atoms with van der Waals surface area (Å²) in [5, 5.41) is 2.76. The van der Waals surface area contributed by atoms with Crippen LogP contribution in [0, 0.1) is 0 Å². The van der Waals surface area contributed by atoms with E-state index in [9.17, 15) is 14.4 Å². The number of carbonyl (C=O) groups excluding carboxylic acids is 2. The Bertz CT molecular complexity index is 1070. The van der Waals surface area contributed by atoms with E-state index in [1.165, 1.54) is 10.8 Å². The van der Waals surface area contributed by atoms with Crippen molar-refractivity contribution in [2.45, 2.75) is 20.4 Å². The molecule has 3 aromatic rings. The molecular weight excluding hydrogens is 356 g/mol. The van der Waals surface area contributed by atoms with Gasteiger partial charge >= 0.3 is 0 Å². The zero-order chi connectivity index (χ0) is 20.1. The van der Waals surface area contributed by atoms with Crippen molar-refractivity contribution in [1.82, 2.24) is 14.5 Å². The topological polar surface area (TPSA) is 84.3 Å². The van der Waals surface area contributed by atoms with Gasteiger partial charge in [0.2, 0.25) is 5.91 Å². The zero-order valence-electron chi connectivity index (χ0n) is 15.9. The molecule has 7 heteroatoms. The minimum atomic E-state index is -0.356. The summed E-state index contributed by atoms with van der Waals surface area (Å²) >= 11 is 0. The van der Waals surface area contributed by atoms with Gasteiger partial charge in [-0.15, -0.1) is 0 Å². The van der Waals surface area contributed by atoms with Gasteiger partial charge in [0.05, 0.1) is 17.2 Å². The van der Waals surface area contributed by atoms with Crippen LogP contribution in [0.5, 0.6) is 0 Å². The number of nitrogens with one attached hydrogen (secondary N) is 1. The number of rotatable bonds is 6. The molecule has 0 spiro atoms. The van der Waals surface area contributed by atoms with Crippen LogP contribution in [0.2, 0.25) is 0 Å². The van der Waals surface area contributed by atoms with Crippen molar-refractivity contribution >= 4 is 28.5 Å². The monoisotopic (exact) mass is 378 g/mol. The highest BCUT2D eigenvalue weighted by molar-refractivity contribution is 5.97. The molecule has 0 fully saturated rings. The number of amides is 2. The first-order chi connectivity index (χ1) is 13.5. The van der Waals surface area contributed by atoms with Crippen molar-refractivity contribution in [3.63, 3.8) is 0 Å². The zero-order valence-corrected chi connectivity index (χ0v) is 15.9. The fraction of sp³-hybridized carbons (Fsp3) is 0.238. The molecule has 3 rings (SSSR count). The predicted octanol–water partition coefficient (Wildman–Crippen LogP) is 2.52. The third-order valence-corrected chi connectivity index (χ3v) is 4.50. The first-order valence-corrected chi connectivity index (χ1v) is 9.17. The normalized spacial score (nSPS) is 10.6. The highest BCUT2D eigenvalue weighted by atomic mass is 16.2. The lowest BCUT2D eigenvalue weighted by Crippen LogP contribution is -2.30. The third-order valence-electron chi connectivity index (χ3n) is 4.50. The standard InChI is InChI=1S/C21H22N4O3/c1-3-24(4-2)21(28)15-8-7-9-16(12-15)23-19(26)14-25-18-11-6-5-10-17(18)22-13-20(25)27/h5-13H,3-4,14H2,1-2H3,(H,23,26). The van der Waals surface area contributed by atoms with Crippen LogP contribution >= 0.6 is 0 Å². The Kier molecular flexibility index (Phi) is 5.84. The van der Waals surface area contributed by atoms with E-state index in [2.05, 4.69) is 10.3 Å². The molecule has 0 atom stereocenters. The molecule has 1 N–H and O–H groups in total. The Morgan fingerprint density at radius 2 is 1.82 bits per heavy atom. The molecule has 0 saturated carbocycles. The Hall–Kier alpha value is -3.48. The molecule has 1 aromatic heterocycles. The van der Waals surface area contributed by atoms with Crippen LogP contribution in [0.3, 0.4) is 0 Å². The van der Waals surface area contributed by atoms with Gasteiger partial charge < -0.3 is 10.2 Å². The van der Waals surface area contributed by atoms with E-state index in [-0.39, 0.29) is 23.9 Å². The molecule has 2 aromatic carbocycles. The van der Waals surface area contributed by atoms with Crippen LogP contribution in [-0.2, 0) is 11.3 Å². The second-order valence-electron chi connectivity index (χ2n) is 6.28. The molecule has 0 aliphatic carbocycles. The third kappa shape index (κ3) is 4.09. The average Bonchev–Trinajstić information content (AvgIpc) is 2.71. The number of aromatic nitrogens is 2. The van der Waals surface area contributed by atoms with Gasteiger partial charge in [0, 0.05) is 24.3 Å². The van der Waals surface area contributed by atoms with E-state index in [4.69, 9.17) is 0 Å². The molecular formula is C21H22N4O3. The van der Waals surface area contributed by atoms with E-state index in [1.54, 1.807) is 47.4 Å². The van der Waals surface area contributed by atoms with Crippen LogP contribution in [-0.4, -0.2) is 39.4 Å². The summed E-state index contributed by atoms with van der Waals surface area (Å²) in [6.07, 6.45) is 1.21. The number of benzene rings is 2.